The maximum atomic E-state index is 10.8. The largest absolute Gasteiger partial charge is 0.495 e. The van der Waals surface area contributed by atoms with Crippen LogP contribution in [-0.2, 0) is 11.2 Å². The molecule has 5 nitrogen and oxygen atoms in total. The van der Waals surface area contributed by atoms with E-state index in [1.165, 1.54) is 0 Å². The number of aliphatic carboxylic acids is 1. The van der Waals surface area contributed by atoms with E-state index >= 15 is 0 Å². The van der Waals surface area contributed by atoms with E-state index in [9.17, 15) is 4.79 Å². The van der Waals surface area contributed by atoms with Gasteiger partial charge >= 0.3 is 5.97 Å². The molecule has 19 heavy (non-hydrogen) atoms. The summed E-state index contributed by atoms with van der Waals surface area (Å²) in [4.78, 5) is 10.8. The molecule has 0 saturated heterocycles. The molecule has 0 spiro atoms. The van der Waals surface area contributed by atoms with Crippen LogP contribution < -0.4 is 14.2 Å². The summed E-state index contributed by atoms with van der Waals surface area (Å²) >= 11 is 3.41. The van der Waals surface area contributed by atoms with Crippen LogP contribution in [0.5, 0.6) is 17.2 Å². The Morgan fingerprint density at radius 3 is 2.89 bits per heavy atom. The normalized spacial score (nSPS) is 13.8. The van der Waals surface area contributed by atoms with Crippen molar-refractivity contribution >= 4 is 21.9 Å². The molecule has 2 rings (SSSR count). The summed E-state index contributed by atoms with van der Waals surface area (Å²) < 4.78 is 17.4. The van der Waals surface area contributed by atoms with Gasteiger partial charge in [-0.25, -0.2) is 0 Å². The first-order chi connectivity index (χ1) is 9.13. The predicted octanol–water partition coefficient (Wildman–Crippen LogP) is 2.64. The Morgan fingerprint density at radius 2 is 2.21 bits per heavy atom. The zero-order valence-electron chi connectivity index (χ0n) is 10.6. The van der Waals surface area contributed by atoms with Crippen molar-refractivity contribution in [2.45, 2.75) is 19.3 Å². The minimum Gasteiger partial charge on any atom is -0.495 e. The maximum Gasteiger partial charge on any atom is 0.303 e. The van der Waals surface area contributed by atoms with E-state index in [2.05, 4.69) is 15.9 Å². The fraction of sp³-hybridized carbons (Fsp3) is 0.462. The maximum absolute atomic E-state index is 10.8. The van der Waals surface area contributed by atoms with Gasteiger partial charge in [-0.05, 0) is 22.4 Å². The van der Waals surface area contributed by atoms with Crippen molar-refractivity contribution in [2.24, 2.45) is 0 Å². The number of halogens is 1. The first-order valence-electron chi connectivity index (χ1n) is 6.00. The number of hydrogen-bond acceptors (Lipinski definition) is 4. The number of fused-ring (bicyclic) bond motifs is 1. The van der Waals surface area contributed by atoms with Crippen LogP contribution in [0.4, 0.5) is 0 Å². The van der Waals surface area contributed by atoms with Crippen LogP contribution in [0.3, 0.4) is 0 Å². The standard InChI is InChI=1S/C13H15BrO5/c1-17-12-8(3-4-11(15)16)13-10(7-9(12)14)18-5-2-6-19-13/h7H,2-6H2,1H3,(H,15,16). The minimum atomic E-state index is -0.856. The lowest BCUT2D eigenvalue weighted by atomic mass is 10.1. The molecule has 0 atom stereocenters. The first-order valence-corrected chi connectivity index (χ1v) is 6.79. The van der Waals surface area contributed by atoms with Crippen molar-refractivity contribution in [1.29, 1.82) is 0 Å². The molecule has 0 saturated carbocycles. The molecule has 0 unspecified atom stereocenters. The molecule has 0 aromatic heterocycles. The fourth-order valence-electron chi connectivity index (χ4n) is 2.00. The molecule has 6 heteroatoms. The molecule has 0 aliphatic carbocycles. The summed E-state index contributed by atoms with van der Waals surface area (Å²) in [5, 5.41) is 8.84. The van der Waals surface area contributed by atoms with E-state index in [0.29, 0.717) is 36.9 Å². The molecule has 1 N–H and O–H groups in total. The van der Waals surface area contributed by atoms with Gasteiger partial charge < -0.3 is 19.3 Å². The highest BCUT2D eigenvalue weighted by molar-refractivity contribution is 9.10. The molecular formula is C13H15BrO5. The van der Waals surface area contributed by atoms with Gasteiger partial charge in [-0.1, -0.05) is 0 Å². The predicted molar refractivity (Wildman–Crippen MR) is 72.3 cm³/mol. The molecule has 1 aliphatic heterocycles. The van der Waals surface area contributed by atoms with E-state index in [4.69, 9.17) is 19.3 Å². The van der Waals surface area contributed by atoms with Gasteiger partial charge in [0.05, 0.1) is 24.8 Å². The van der Waals surface area contributed by atoms with E-state index in [0.717, 1.165) is 16.5 Å². The number of methoxy groups -OCH3 is 1. The molecule has 0 amide bonds. The highest BCUT2D eigenvalue weighted by atomic mass is 79.9. The van der Waals surface area contributed by atoms with Gasteiger partial charge in [0, 0.05) is 24.5 Å². The number of benzene rings is 1. The number of carboxylic acid groups (broad SMARTS) is 1. The summed E-state index contributed by atoms with van der Waals surface area (Å²) in [6.45, 7) is 1.14. The Kier molecular flexibility index (Phi) is 4.52. The number of rotatable bonds is 4. The first kappa shape index (κ1) is 14.0. The van der Waals surface area contributed by atoms with Crippen molar-refractivity contribution < 1.29 is 24.1 Å². The van der Waals surface area contributed by atoms with Crippen molar-refractivity contribution in [3.8, 4) is 17.2 Å². The van der Waals surface area contributed by atoms with E-state index in [1.807, 2.05) is 0 Å². The van der Waals surface area contributed by atoms with Crippen LogP contribution in [0.1, 0.15) is 18.4 Å². The SMILES string of the molecule is COc1c(Br)cc2c(c1CCC(=O)O)OCCCO2. The summed E-state index contributed by atoms with van der Waals surface area (Å²) in [6.07, 6.45) is 1.15. The molecule has 104 valence electrons. The highest BCUT2D eigenvalue weighted by Crippen LogP contribution is 2.44. The number of carbonyl (C=O) groups is 1. The molecule has 1 aromatic carbocycles. The second-order valence-corrected chi connectivity index (χ2v) is 5.00. The average molecular weight is 331 g/mol. The number of hydrogen-bond donors (Lipinski definition) is 1. The third kappa shape index (κ3) is 3.12. The van der Waals surface area contributed by atoms with Gasteiger partial charge in [-0.3, -0.25) is 4.79 Å². The van der Waals surface area contributed by atoms with Crippen LogP contribution in [-0.4, -0.2) is 31.4 Å². The van der Waals surface area contributed by atoms with E-state index in [-0.39, 0.29) is 6.42 Å². The highest BCUT2D eigenvalue weighted by Gasteiger charge is 2.22. The number of ether oxygens (including phenoxy) is 3. The molecule has 0 bridgehead atoms. The number of carboxylic acids is 1. The topological polar surface area (TPSA) is 65.0 Å². The summed E-state index contributed by atoms with van der Waals surface area (Å²) in [6, 6.07) is 1.80. The van der Waals surface area contributed by atoms with Crippen LogP contribution in [0.25, 0.3) is 0 Å². The Hall–Kier alpha value is -1.43. The lowest BCUT2D eigenvalue weighted by Crippen LogP contribution is -2.04. The van der Waals surface area contributed by atoms with Gasteiger partial charge in [0.25, 0.3) is 0 Å². The van der Waals surface area contributed by atoms with Crippen molar-refractivity contribution in [3.05, 3.63) is 16.1 Å². The molecule has 1 aliphatic rings. The van der Waals surface area contributed by atoms with Gasteiger partial charge in [0.1, 0.15) is 5.75 Å². The Bertz CT molecular complexity index is 486. The minimum absolute atomic E-state index is 0.0165. The Balaban J connectivity index is 2.45. The van der Waals surface area contributed by atoms with Crippen molar-refractivity contribution in [1.82, 2.24) is 0 Å². The third-order valence-corrected chi connectivity index (χ3v) is 3.42. The van der Waals surface area contributed by atoms with E-state index in [1.54, 1.807) is 13.2 Å². The van der Waals surface area contributed by atoms with Gasteiger partial charge in [0.15, 0.2) is 11.5 Å². The van der Waals surface area contributed by atoms with Crippen molar-refractivity contribution in [2.75, 3.05) is 20.3 Å². The quantitative estimate of drug-likeness (QED) is 0.919. The van der Waals surface area contributed by atoms with Gasteiger partial charge in [-0.2, -0.15) is 0 Å². The monoisotopic (exact) mass is 330 g/mol. The molecular weight excluding hydrogens is 316 g/mol. The fourth-order valence-corrected chi connectivity index (χ4v) is 2.61. The zero-order chi connectivity index (χ0) is 13.8. The lowest BCUT2D eigenvalue weighted by molar-refractivity contribution is -0.136. The molecule has 0 radical (unpaired) electrons. The third-order valence-electron chi connectivity index (χ3n) is 2.83. The lowest BCUT2D eigenvalue weighted by Gasteiger charge is -2.17. The van der Waals surface area contributed by atoms with E-state index < -0.39 is 5.97 Å². The Morgan fingerprint density at radius 1 is 1.47 bits per heavy atom. The summed E-state index contributed by atoms with van der Waals surface area (Å²) in [5.41, 5.74) is 0.733. The average Bonchev–Trinajstić information content (AvgIpc) is 2.60. The molecule has 1 aromatic rings. The molecule has 1 heterocycles. The summed E-state index contributed by atoms with van der Waals surface area (Å²) in [7, 11) is 1.55. The van der Waals surface area contributed by atoms with Crippen molar-refractivity contribution in [3.63, 3.8) is 0 Å². The van der Waals surface area contributed by atoms with Crippen LogP contribution in [0.15, 0.2) is 10.5 Å². The zero-order valence-corrected chi connectivity index (χ0v) is 12.2. The van der Waals surface area contributed by atoms with Crippen LogP contribution in [0, 0.1) is 0 Å². The second kappa shape index (κ2) is 6.14. The van der Waals surface area contributed by atoms with Gasteiger partial charge in [0.2, 0.25) is 0 Å². The second-order valence-electron chi connectivity index (χ2n) is 4.14. The summed E-state index contributed by atoms with van der Waals surface area (Å²) in [5.74, 6) is 0.972. The Labute approximate surface area is 119 Å². The van der Waals surface area contributed by atoms with Gasteiger partial charge in [-0.15, -0.1) is 0 Å². The van der Waals surface area contributed by atoms with Crippen LogP contribution in [0.2, 0.25) is 0 Å². The smallest absolute Gasteiger partial charge is 0.303 e. The van der Waals surface area contributed by atoms with Crippen LogP contribution >= 0.6 is 15.9 Å². The molecule has 0 fully saturated rings.